The normalized spacial score (nSPS) is 13.5. The number of rotatable bonds is 11. The molecule has 2 amide bonds. The van der Waals surface area contributed by atoms with Gasteiger partial charge in [-0.05, 0) is 28.7 Å². The highest BCUT2D eigenvalue weighted by molar-refractivity contribution is 5.79. The van der Waals surface area contributed by atoms with Crippen molar-refractivity contribution in [3.63, 3.8) is 0 Å². The minimum Gasteiger partial charge on any atom is -0.481 e. The van der Waals surface area contributed by atoms with E-state index < -0.39 is 49.6 Å². The molecule has 0 unspecified atom stereocenters. The Bertz CT molecular complexity index is 1010. The topological polar surface area (TPSA) is 114 Å². The number of carbonyl (C=O) groups is 3. The van der Waals surface area contributed by atoms with E-state index in [4.69, 9.17) is 14.6 Å². The third-order valence-electron chi connectivity index (χ3n) is 5.47. The lowest BCUT2D eigenvalue weighted by Crippen LogP contribution is -2.47. The van der Waals surface area contributed by atoms with Crippen LogP contribution in [-0.2, 0) is 19.1 Å². The van der Waals surface area contributed by atoms with Gasteiger partial charge in [0.05, 0.1) is 6.61 Å². The Balaban J connectivity index is 1.37. The Kier molecular flexibility index (Phi) is 8.69. The Morgan fingerprint density at radius 1 is 1.00 bits per heavy atom. The molecule has 8 nitrogen and oxygen atoms in total. The molecule has 0 radical (unpaired) electrons. The van der Waals surface area contributed by atoms with Crippen LogP contribution in [0.25, 0.3) is 11.1 Å². The van der Waals surface area contributed by atoms with Crippen LogP contribution in [0, 0.1) is 0 Å². The number of fused-ring (bicyclic) bond motifs is 3. The molecule has 3 rings (SSSR count). The van der Waals surface area contributed by atoms with E-state index in [2.05, 4.69) is 5.32 Å². The summed E-state index contributed by atoms with van der Waals surface area (Å²) in [7, 11) is 0. The van der Waals surface area contributed by atoms with Gasteiger partial charge in [0.25, 0.3) is 0 Å². The largest absolute Gasteiger partial charge is 0.481 e. The summed E-state index contributed by atoms with van der Waals surface area (Å²) in [6.07, 6.45) is -6.99. The summed E-state index contributed by atoms with van der Waals surface area (Å²) in [6.45, 7) is -0.709. The Hall–Kier alpha value is -3.60. The van der Waals surface area contributed by atoms with Crippen LogP contribution < -0.4 is 10.6 Å². The third-order valence-corrected chi connectivity index (χ3v) is 5.47. The fourth-order valence-electron chi connectivity index (χ4n) is 3.86. The lowest BCUT2D eigenvalue weighted by atomic mass is 9.98. The van der Waals surface area contributed by atoms with Crippen molar-refractivity contribution in [1.82, 2.24) is 10.6 Å². The van der Waals surface area contributed by atoms with E-state index in [1.165, 1.54) is 0 Å². The van der Waals surface area contributed by atoms with Gasteiger partial charge < -0.3 is 25.2 Å². The third kappa shape index (κ3) is 7.19. The number of halogens is 3. The van der Waals surface area contributed by atoms with Gasteiger partial charge in [0.2, 0.25) is 5.91 Å². The minimum absolute atomic E-state index is 0.0222. The van der Waals surface area contributed by atoms with Crippen molar-refractivity contribution in [3.05, 3.63) is 59.7 Å². The standard InChI is InChI=1S/C24H25F3N2O6/c25-24(26,27)20(9-10-22(31)32)29-21(30)14-34-12-11-28-23(33)35-13-19-17-7-3-1-5-15(17)16-6-2-4-8-18(16)19/h1-8,19-20H,9-14H2,(H,28,33)(H,29,30)(H,31,32)/t20-/m0/s1. The molecule has 2 aromatic carbocycles. The molecular weight excluding hydrogens is 469 g/mol. The molecule has 11 heteroatoms. The average Bonchev–Trinajstić information content (AvgIpc) is 3.13. The summed E-state index contributed by atoms with van der Waals surface area (Å²) < 4.78 is 49.0. The molecule has 0 bridgehead atoms. The zero-order chi connectivity index (χ0) is 25.4. The zero-order valence-corrected chi connectivity index (χ0v) is 18.6. The molecular formula is C24H25F3N2O6. The highest BCUT2D eigenvalue weighted by Gasteiger charge is 2.40. The first-order chi connectivity index (χ1) is 16.7. The number of amides is 2. The monoisotopic (exact) mass is 494 g/mol. The van der Waals surface area contributed by atoms with Crippen molar-refractivity contribution in [2.75, 3.05) is 26.4 Å². The van der Waals surface area contributed by atoms with Crippen molar-refractivity contribution in [3.8, 4) is 11.1 Å². The Labute approximate surface area is 199 Å². The molecule has 0 spiro atoms. The zero-order valence-electron chi connectivity index (χ0n) is 18.6. The lowest BCUT2D eigenvalue weighted by Gasteiger charge is -2.21. The maximum Gasteiger partial charge on any atom is 0.408 e. The van der Waals surface area contributed by atoms with E-state index in [1.807, 2.05) is 48.5 Å². The lowest BCUT2D eigenvalue weighted by molar-refractivity contribution is -0.165. The number of hydrogen-bond acceptors (Lipinski definition) is 5. The molecule has 3 N–H and O–H groups in total. The average molecular weight is 494 g/mol. The Morgan fingerprint density at radius 3 is 2.17 bits per heavy atom. The van der Waals surface area contributed by atoms with E-state index in [9.17, 15) is 27.6 Å². The SMILES string of the molecule is O=C(O)CC[C@H](NC(=O)COCCNC(=O)OCC1c2ccccc2-c2ccccc21)C(F)(F)F. The maximum atomic E-state index is 12.9. The van der Waals surface area contributed by atoms with Crippen LogP contribution in [0.1, 0.15) is 29.9 Å². The molecule has 0 saturated heterocycles. The van der Waals surface area contributed by atoms with Crippen molar-refractivity contribution >= 4 is 18.0 Å². The van der Waals surface area contributed by atoms with E-state index in [0.29, 0.717) is 0 Å². The summed E-state index contributed by atoms with van der Waals surface area (Å²) in [5.41, 5.74) is 4.33. The fraction of sp³-hybridized carbons (Fsp3) is 0.375. The molecule has 35 heavy (non-hydrogen) atoms. The number of carboxylic acid groups (broad SMARTS) is 1. The first-order valence-electron chi connectivity index (χ1n) is 10.9. The molecule has 0 saturated carbocycles. The van der Waals surface area contributed by atoms with Crippen molar-refractivity contribution in [2.45, 2.75) is 31.0 Å². The van der Waals surface area contributed by atoms with Crippen LogP contribution in [-0.4, -0.2) is 61.7 Å². The van der Waals surface area contributed by atoms with Gasteiger partial charge >= 0.3 is 18.2 Å². The smallest absolute Gasteiger partial charge is 0.408 e. The summed E-state index contributed by atoms with van der Waals surface area (Å²) in [4.78, 5) is 34.3. The molecule has 1 atom stereocenters. The van der Waals surface area contributed by atoms with Gasteiger partial charge in [-0.1, -0.05) is 48.5 Å². The van der Waals surface area contributed by atoms with Crippen LogP contribution >= 0.6 is 0 Å². The first kappa shape index (κ1) is 26.0. The Morgan fingerprint density at radius 2 is 1.60 bits per heavy atom. The van der Waals surface area contributed by atoms with Gasteiger partial charge in [-0.25, -0.2) is 4.79 Å². The molecule has 1 aliphatic carbocycles. The number of aliphatic carboxylic acids is 1. The van der Waals surface area contributed by atoms with Crippen LogP contribution in [0.5, 0.6) is 0 Å². The van der Waals surface area contributed by atoms with Crippen LogP contribution in [0.4, 0.5) is 18.0 Å². The predicted octanol–water partition coefficient (Wildman–Crippen LogP) is 3.45. The van der Waals surface area contributed by atoms with E-state index in [1.54, 1.807) is 5.32 Å². The summed E-state index contributed by atoms with van der Waals surface area (Å²) in [6, 6.07) is 13.5. The fourth-order valence-corrected chi connectivity index (χ4v) is 3.86. The predicted molar refractivity (Wildman–Crippen MR) is 119 cm³/mol. The summed E-state index contributed by atoms with van der Waals surface area (Å²) in [5.74, 6) is -2.54. The molecule has 188 valence electrons. The van der Waals surface area contributed by atoms with Gasteiger partial charge in [0.15, 0.2) is 0 Å². The van der Waals surface area contributed by atoms with Crippen molar-refractivity contribution < 1.29 is 42.1 Å². The van der Waals surface area contributed by atoms with Gasteiger partial charge in [-0.15, -0.1) is 0 Å². The van der Waals surface area contributed by atoms with Gasteiger partial charge in [0.1, 0.15) is 19.3 Å². The van der Waals surface area contributed by atoms with Gasteiger partial charge in [0, 0.05) is 18.9 Å². The second-order valence-electron chi connectivity index (χ2n) is 7.90. The second kappa shape index (κ2) is 11.7. The molecule has 0 fully saturated rings. The molecule has 0 aliphatic heterocycles. The summed E-state index contributed by atoms with van der Waals surface area (Å²) in [5, 5.41) is 12.7. The minimum atomic E-state index is -4.78. The summed E-state index contributed by atoms with van der Waals surface area (Å²) >= 11 is 0. The molecule has 1 aliphatic rings. The number of hydrogen-bond donors (Lipinski definition) is 3. The second-order valence-corrected chi connectivity index (χ2v) is 7.90. The molecule has 0 aromatic heterocycles. The highest BCUT2D eigenvalue weighted by atomic mass is 19.4. The number of ether oxygens (including phenoxy) is 2. The number of benzene rings is 2. The van der Waals surface area contributed by atoms with Crippen molar-refractivity contribution in [1.29, 1.82) is 0 Å². The van der Waals surface area contributed by atoms with Gasteiger partial charge in [-0.3, -0.25) is 9.59 Å². The molecule has 0 heterocycles. The highest BCUT2D eigenvalue weighted by Crippen LogP contribution is 2.44. The quantitative estimate of drug-likeness (QED) is 0.413. The van der Waals surface area contributed by atoms with E-state index >= 15 is 0 Å². The van der Waals surface area contributed by atoms with Crippen molar-refractivity contribution in [2.24, 2.45) is 0 Å². The number of nitrogens with one attached hydrogen (secondary N) is 2. The van der Waals surface area contributed by atoms with Crippen LogP contribution in [0.2, 0.25) is 0 Å². The first-order valence-corrected chi connectivity index (χ1v) is 10.9. The number of carbonyl (C=O) groups excluding carboxylic acids is 2. The number of carboxylic acids is 1. The van der Waals surface area contributed by atoms with E-state index in [-0.39, 0.29) is 25.7 Å². The number of alkyl carbamates (subject to hydrolysis) is 1. The maximum absolute atomic E-state index is 12.9. The van der Waals surface area contributed by atoms with E-state index in [0.717, 1.165) is 22.3 Å². The van der Waals surface area contributed by atoms with Crippen LogP contribution in [0.15, 0.2) is 48.5 Å². The molecule has 2 aromatic rings. The van der Waals surface area contributed by atoms with Crippen LogP contribution in [0.3, 0.4) is 0 Å². The number of alkyl halides is 3. The van der Waals surface area contributed by atoms with Gasteiger partial charge in [-0.2, -0.15) is 13.2 Å².